The number of methoxy groups -OCH3 is 1. The van der Waals surface area contributed by atoms with Crippen molar-refractivity contribution in [2.75, 3.05) is 7.11 Å². The van der Waals surface area contributed by atoms with Gasteiger partial charge in [-0.25, -0.2) is 4.99 Å². The van der Waals surface area contributed by atoms with E-state index in [9.17, 15) is 13.2 Å². The first kappa shape index (κ1) is 24.1. The number of ketones is 1. The van der Waals surface area contributed by atoms with Crippen molar-refractivity contribution in [3.8, 4) is 5.75 Å². The molecule has 0 radical (unpaired) electrons. The number of aryl methyl sites for hydroxylation is 1. The van der Waals surface area contributed by atoms with Crippen LogP contribution in [0.3, 0.4) is 0 Å². The van der Waals surface area contributed by atoms with Crippen molar-refractivity contribution in [1.29, 1.82) is 0 Å². The maximum atomic E-state index is 13.1. The molecule has 1 heterocycles. The summed E-state index contributed by atoms with van der Waals surface area (Å²) in [6.07, 6.45) is 2.84. The van der Waals surface area contributed by atoms with Crippen molar-refractivity contribution in [2.24, 2.45) is 4.99 Å². The van der Waals surface area contributed by atoms with Gasteiger partial charge in [-0.15, -0.1) is 9.19 Å². The number of nitrogens with zero attached hydrogens (tertiary/aromatic N) is 4. The SMILES string of the molecule is COc1ccc(N=C2C=C(OCc3cn(S(=O)(=O)c4ccc(C)cc4)nn3)C(=O)c3ccccc32)cc1. The molecule has 0 unspecified atom stereocenters. The summed E-state index contributed by atoms with van der Waals surface area (Å²) in [5.41, 5.74) is 3.56. The molecule has 1 aliphatic rings. The van der Waals surface area contributed by atoms with E-state index < -0.39 is 10.0 Å². The van der Waals surface area contributed by atoms with Crippen LogP contribution >= 0.6 is 0 Å². The molecule has 1 aromatic heterocycles. The van der Waals surface area contributed by atoms with Crippen LogP contribution in [0.15, 0.2) is 101 Å². The first-order chi connectivity index (χ1) is 17.8. The van der Waals surface area contributed by atoms with E-state index in [1.807, 2.05) is 31.2 Å². The highest BCUT2D eigenvalue weighted by molar-refractivity contribution is 7.89. The smallest absolute Gasteiger partial charge is 0.284 e. The molecular formula is C27H22N4O5S. The number of benzene rings is 3. The number of Topliss-reactive ketones (excluding diaryl/α,β-unsaturated/α-hetero) is 1. The van der Waals surface area contributed by atoms with Crippen LogP contribution in [0.1, 0.15) is 27.2 Å². The molecule has 0 fully saturated rings. The Labute approximate surface area is 213 Å². The topological polar surface area (TPSA) is 113 Å². The minimum absolute atomic E-state index is 0.0712. The monoisotopic (exact) mass is 514 g/mol. The van der Waals surface area contributed by atoms with Gasteiger partial charge in [0, 0.05) is 17.2 Å². The lowest BCUT2D eigenvalue weighted by Gasteiger charge is -2.17. The molecular weight excluding hydrogens is 492 g/mol. The zero-order valence-electron chi connectivity index (χ0n) is 20.0. The summed E-state index contributed by atoms with van der Waals surface area (Å²) in [6, 6.07) is 20.8. The van der Waals surface area contributed by atoms with Crippen molar-refractivity contribution in [3.05, 3.63) is 113 Å². The predicted molar refractivity (Wildman–Crippen MR) is 137 cm³/mol. The fourth-order valence-electron chi connectivity index (χ4n) is 3.73. The molecule has 0 saturated heterocycles. The largest absolute Gasteiger partial charge is 0.497 e. The van der Waals surface area contributed by atoms with Gasteiger partial charge in [0.1, 0.15) is 18.1 Å². The maximum absolute atomic E-state index is 13.1. The minimum Gasteiger partial charge on any atom is -0.497 e. The molecule has 0 aliphatic heterocycles. The van der Waals surface area contributed by atoms with Crippen LogP contribution in [-0.4, -0.2) is 41.4 Å². The van der Waals surface area contributed by atoms with Crippen molar-refractivity contribution in [1.82, 2.24) is 14.4 Å². The average molecular weight is 515 g/mol. The van der Waals surface area contributed by atoms with E-state index in [-0.39, 0.29) is 28.7 Å². The summed E-state index contributed by atoms with van der Waals surface area (Å²) in [6.45, 7) is 1.72. The highest BCUT2D eigenvalue weighted by atomic mass is 32.2. The molecule has 5 rings (SSSR count). The van der Waals surface area contributed by atoms with Gasteiger partial charge in [0.25, 0.3) is 10.0 Å². The van der Waals surface area contributed by atoms with Crippen LogP contribution in [0.25, 0.3) is 0 Å². The Balaban J connectivity index is 1.40. The highest BCUT2D eigenvalue weighted by Gasteiger charge is 2.26. The van der Waals surface area contributed by atoms with Crippen LogP contribution in [-0.2, 0) is 21.4 Å². The van der Waals surface area contributed by atoms with Gasteiger partial charge >= 0.3 is 0 Å². The third-order valence-corrected chi connectivity index (χ3v) is 7.26. The van der Waals surface area contributed by atoms with Crippen molar-refractivity contribution < 1.29 is 22.7 Å². The molecule has 0 saturated carbocycles. The lowest BCUT2D eigenvalue weighted by molar-refractivity contribution is 0.0900. The number of fused-ring (bicyclic) bond motifs is 1. The molecule has 3 aromatic carbocycles. The van der Waals surface area contributed by atoms with E-state index >= 15 is 0 Å². The number of carbonyl (C=O) groups is 1. The highest BCUT2D eigenvalue weighted by Crippen LogP contribution is 2.26. The van der Waals surface area contributed by atoms with Crippen LogP contribution in [0, 0.1) is 6.92 Å². The van der Waals surface area contributed by atoms with Gasteiger partial charge in [0.15, 0.2) is 5.76 Å². The summed E-state index contributed by atoms with van der Waals surface area (Å²) in [5, 5.41) is 7.66. The quantitative estimate of drug-likeness (QED) is 0.362. The lowest BCUT2D eigenvalue weighted by atomic mass is 9.93. The van der Waals surface area contributed by atoms with Gasteiger partial charge in [-0.1, -0.05) is 47.2 Å². The number of ether oxygens (including phenoxy) is 2. The van der Waals surface area contributed by atoms with Crippen LogP contribution in [0.4, 0.5) is 5.69 Å². The van der Waals surface area contributed by atoms with Gasteiger partial charge < -0.3 is 9.47 Å². The molecule has 10 heteroatoms. The van der Waals surface area contributed by atoms with Gasteiger partial charge in [-0.2, -0.15) is 8.42 Å². The third kappa shape index (κ3) is 4.91. The summed E-state index contributed by atoms with van der Waals surface area (Å²) in [7, 11) is -2.31. The number of hydrogen-bond acceptors (Lipinski definition) is 8. The average Bonchev–Trinajstić information content (AvgIpc) is 3.40. The fraction of sp³-hybridized carbons (Fsp3) is 0.111. The zero-order chi connectivity index (χ0) is 26.0. The second-order valence-corrected chi connectivity index (χ2v) is 10.1. The van der Waals surface area contributed by atoms with Crippen molar-refractivity contribution in [2.45, 2.75) is 18.4 Å². The van der Waals surface area contributed by atoms with E-state index in [0.717, 1.165) is 9.65 Å². The third-order valence-electron chi connectivity index (χ3n) is 5.72. The molecule has 4 aromatic rings. The van der Waals surface area contributed by atoms with Crippen molar-refractivity contribution >= 4 is 27.2 Å². The maximum Gasteiger partial charge on any atom is 0.284 e. The molecule has 0 spiro atoms. The Morgan fingerprint density at radius 3 is 2.35 bits per heavy atom. The van der Waals surface area contributed by atoms with E-state index in [1.165, 1.54) is 18.3 Å². The lowest BCUT2D eigenvalue weighted by Crippen LogP contribution is -2.19. The Hall–Kier alpha value is -4.57. The standard InChI is InChI=1S/C27H22N4O5S/c1-18-7-13-22(14-8-18)37(33,34)31-16-20(29-30-31)17-36-26-15-25(23-5-3-4-6-24(23)27(26)32)28-19-9-11-21(35-2)12-10-19/h3-16H,17H2,1-2H3. The molecule has 37 heavy (non-hydrogen) atoms. The van der Waals surface area contributed by atoms with E-state index in [4.69, 9.17) is 14.5 Å². The molecule has 0 amide bonds. The Morgan fingerprint density at radius 2 is 1.65 bits per heavy atom. The van der Waals surface area contributed by atoms with Crippen LogP contribution in [0.2, 0.25) is 0 Å². The number of rotatable bonds is 7. The van der Waals surface area contributed by atoms with Crippen LogP contribution < -0.4 is 4.74 Å². The van der Waals surface area contributed by atoms with Crippen LogP contribution in [0.5, 0.6) is 5.75 Å². The predicted octanol–water partition coefficient (Wildman–Crippen LogP) is 4.25. The van der Waals surface area contributed by atoms with Crippen molar-refractivity contribution in [3.63, 3.8) is 0 Å². The molecule has 186 valence electrons. The summed E-state index contributed by atoms with van der Waals surface area (Å²) in [5.74, 6) is 0.478. The van der Waals surface area contributed by atoms with Gasteiger partial charge in [-0.3, -0.25) is 4.79 Å². The Kier molecular flexibility index (Phi) is 6.41. The second-order valence-electron chi connectivity index (χ2n) is 8.27. The molecule has 9 nitrogen and oxygen atoms in total. The Bertz CT molecular complexity index is 1640. The van der Waals surface area contributed by atoms with Gasteiger partial charge in [0.2, 0.25) is 5.78 Å². The number of hydrogen-bond donors (Lipinski definition) is 0. The molecule has 0 atom stereocenters. The first-order valence-electron chi connectivity index (χ1n) is 11.3. The summed E-state index contributed by atoms with van der Waals surface area (Å²) >= 11 is 0. The summed E-state index contributed by atoms with van der Waals surface area (Å²) in [4.78, 5) is 17.9. The number of aliphatic imine (C=N–C) groups is 1. The first-order valence-corrected chi connectivity index (χ1v) is 12.7. The fourth-order valence-corrected chi connectivity index (χ4v) is 4.82. The minimum atomic E-state index is -3.90. The number of allylic oxidation sites excluding steroid dienone is 2. The molecule has 0 N–H and O–H groups in total. The Morgan fingerprint density at radius 1 is 0.946 bits per heavy atom. The zero-order valence-corrected chi connectivity index (χ0v) is 20.8. The number of carbonyl (C=O) groups excluding carboxylic acids is 1. The summed E-state index contributed by atoms with van der Waals surface area (Å²) < 4.78 is 37.5. The normalized spacial score (nSPS) is 14.3. The van der Waals surface area contributed by atoms with E-state index in [2.05, 4.69) is 10.3 Å². The number of aromatic nitrogens is 3. The molecule has 0 bridgehead atoms. The van der Waals surface area contributed by atoms with Gasteiger partial charge in [-0.05, 0) is 43.3 Å². The second kappa shape index (κ2) is 9.82. The van der Waals surface area contributed by atoms with E-state index in [1.54, 1.807) is 49.6 Å². The van der Waals surface area contributed by atoms with E-state index in [0.29, 0.717) is 28.3 Å². The van der Waals surface area contributed by atoms with Gasteiger partial charge in [0.05, 0.1) is 29.6 Å². The molecule has 1 aliphatic carbocycles.